The number of aromatic nitrogens is 2. The van der Waals surface area contributed by atoms with Crippen LogP contribution in [0.3, 0.4) is 0 Å². The van der Waals surface area contributed by atoms with Gasteiger partial charge in [0.1, 0.15) is 5.82 Å². The Morgan fingerprint density at radius 1 is 1.00 bits per heavy atom. The van der Waals surface area contributed by atoms with Crippen molar-refractivity contribution in [2.45, 2.75) is 102 Å². The first-order chi connectivity index (χ1) is 15.2. The highest BCUT2D eigenvalue weighted by Crippen LogP contribution is 2.31. The van der Waals surface area contributed by atoms with E-state index in [1.54, 1.807) is 0 Å². The molecule has 1 aromatic heterocycles. The Balaban J connectivity index is 1.22. The summed E-state index contributed by atoms with van der Waals surface area (Å²) in [6.07, 6.45) is 15.3. The molecule has 2 aliphatic carbocycles. The molecule has 1 saturated heterocycles. The SMILES string of the molecule is O=C(CCC1CCCC1)N1CCC(c2nc3c(c(=O)[nH]2)CCN(C2CCCCC2)C3)C1. The van der Waals surface area contributed by atoms with Crippen LogP contribution in [-0.2, 0) is 17.8 Å². The first-order valence-electron chi connectivity index (χ1n) is 12.8. The van der Waals surface area contributed by atoms with Gasteiger partial charge in [0.05, 0.1) is 5.69 Å². The van der Waals surface area contributed by atoms with E-state index >= 15 is 0 Å². The molecule has 0 radical (unpaired) electrons. The lowest BCUT2D eigenvalue weighted by Crippen LogP contribution is -2.42. The van der Waals surface area contributed by atoms with E-state index < -0.39 is 0 Å². The van der Waals surface area contributed by atoms with Gasteiger partial charge in [0.25, 0.3) is 5.56 Å². The molecule has 1 amide bonds. The number of carbonyl (C=O) groups is 1. The van der Waals surface area contributed by atoms with Crippen molar-refractivity contribution in [2.75, 3.05) is 19.6 Å². The average molecular weight is 427 g/mol. The van der Waals surface area contributed by atoms with Crippen molar-refractivity contribution in [1.29, 1.82) is 0 Å². The van der Waals surface area contributed by atoms with E-state index in [2.05, 4.69) is 9.88 Å². The van der Waals surface area contributed by atoms with Crippen LogP contribution in [0.1, 0.15) is 100 Å². The third kappa shape index (κ3) is 4.74. The van der Waals surface area contributed by atoms with Gasteiger partial charge in [0.2, 0.25) is 5.91 Å². The molecule has 3 heterocycles. The Labute approximate surface area is 185 Å². The van der Waals surface area contributed by atoms with Crippen molar-refractivity contribution in [1.82, 2.24) is 19.8 Å². The van der Waals surface area contributed by atoms with Gasteiger partial charge in [-0.15, -0.1) is 0 Å². The molecule has 2 saturated carbocycles. The van der Waals surface area contributed by atoms with Gasteiger partial charge in [-0.2, -0.15) is 0 Å². The first kappa shape index (κ1) is 21.2. The number of nitrogens with one attached hydrogen (secondary N) is 1. The van der Waals surface area contributed by atoms with Crippen LogP contribution >= 0.6 is 0 Å². The lowest BCUT2D eigenvalue weighted by molar-refractivity contribution is -0.130. The van der Waals surface area contributed by atoms with E-state index in [1.807, 2.05) is 4.90 Å². The summed E-state index contributed by atoms with van der Waals surface area (Å²) in [4.78, 5) is 38.1. The van der Waals surface area contributed by atoms with Crippen molar-refractivity contribution in [3.05, 3.63) is 27.4 Å². The molecule has 6 nitrogen and oxygen atoms in total. The summed E-state index contributed by atoms with van der Waals surface area (Å²) in [6, 6.07) is 0.658. The fourth-order valence-electron chi connectivity index (χ4n) is 6.43. The highest BCUT2D eigenvalue weighted by molar-refractivity contribution is 5.76. The highest BCUT2D eigenvalue weighted by Gasteiger charge is 2.32. The molecular weight excluding hydrogens is 388 g/mol. The minimum absolute atomic E-state index is 0.0503. The van der Waals surface area contributed by atoms with E-state index in [4.69, 9.17) is 4.98 Å². The predicted octanol–water partition coefficient (Wildman–Crippen LogP) is 3.75. The van der Waals surface area contributed by atoms with E-state index in [1.165, 1.54) is 57.8 Å². The Hall–Kier alpha value is -1.69. The fraction of sp³-hybridized carbons (Fsp3) is 0.800. The van der Waals surface area contributed by atoms with Crippen molar-refractivity contribution >= 4 is 5.91 Å². The molecule has 31 heavy (non-hydrogen) atoms. The standard InChI is InChI=1S/C25H38N4O2/c30-23(11-10-18-6-4-5-7-18)29-14-12-19(16-29)24-26-22-17-28(20-8-2-1-3-9-20)15-13-21(22)25(31)27-24/h18-20H,1-17H2,(H,26,27,31). The van der Waals surface area contributed by atoms with Gasteiger partial charge in [-0.3, -0.25) is 14.5 Å². The molecule has 0 bridgehead atoms. The molecule has 1 N–H and O–H groups in total. The summed E-state index contributed by atoms with van der Waals surface area (Å²) in [5, 5.41) is 0. The normalized spacial score (nSPS) is 25.8. The molecule has 1 aromatic rings. The monoisotopic (exact) mass is 426 g/mol. The minimum atomic E-state index is 0.0503. The minimum Gasteiger partial charge on any atom is -0.342 e. The van der Waals surface area contributed by atoms with Gasteiger partial charge in [-0.1, -0.05) is 44.9 Å². The maximum atomic E-state index is 12.8. The smallest absolute Gasteiger partial charge is 0.254 e. The number of hydrogen-bond acceptors (Lipinski definition) is 4. The largest absolute Gasteiger partial charge is 0.342 e. The second kappa shape index (κ2) is 9.43. The first-order valence-corrected chi connectivity index (χ1v) is 12.8. The van der Waals surface area contributed by atoms with Gasteiger partial charge in [-0.05, 0) is 38.0 Å². The zero-order chi connectivity index (χ0) is 21.2. The molecule has 0 aromatic carbocycles. The van der Waals surface area contributed by atoms with Crippen LogP contribution in [0.25, 0.3) is 0 Å². The third-order valence-electron chi connectivity index (χ3n) is 8.38. The third-order valence-corrected chi connectivity index (χ3v) is 8.38. The van der Waals surface area contributed by atoms with Crippen LogP contribution in [0.5, 0.6) is 0 Å². The van der Waals surface area contributed by atoms with Gasteiger partial charge in [-0.25, -0.2) is 4.98 Å². The van der Waals surface area contributed by atoms with Crippen LogP contribution in [0.4, 0.5) is 0 Å². The van der Waals surface area contributed by atoms with E-state index in [0.29, 0.717) is 19.0 Å². The van der Waals surface area contributed by atoms with Crippen LogP contribution in [-0.4, -0.2) is 51.4 Å². The number of H-pyrrole nitrogens is 1. The van der Waals surface area contributed by atoms with Gasteiger partial charge in [0, 0.05) is 50.1 Å². The fourth-order valence-corrected chi connectivity index (χ4v) is 6.43. The molecule has 170 valence electrons. The molecule has 2 aliphatic heterocycles. The predicted molar refractivity (Wildman–Crippen MR) is 121 cm³/mol. The van der Waals surface area contributed by atoms with Crippen LogP contribution in [0.2, 0.25) is 0 Å². The van der Waals surface area contributed by atoms with Crippen molar-refractivity contribution < 1.29 is 4.79 Å². The molecule has 6 heteroatoms. The second-order valence-electron chi connectivity index (χ2n) is 10.4. The summed E-state index contributed by atoms with van der Waals surface area (Å²) in [5.41, 5.74) is 1.93. The van der Waals surface area contributed by atoms with Crippen LogP contribution in [0, 0.1) is 5.92 Å². The van der Waals surface area contributed by atoms with E-state index in [-0.39, 0.29) is 17.4 Å². The molecule has 5 rings (SSSR count). The topological polar surface area (TPSA) is 69.3 Å². The summed E-state index contributed by atoms with van der Waals surface area (Å²) < 4.78 is 0. The molecule has 0 spiro atoms. The number of nitrogens with zero attached hydrogens (tertiary/aromatic N) is 3. The lowest BCUT2D eigenvalue weighted by Gasteiger charge is -2.37. The quantitative estimate of drug-likeness (QED) is 0.779. The molecule has 1 unspecified atom stereocenters. The van der Waals surface area contributed by atoms with Gasteiger partial charge < -0.3 is 9.88 Å². The summed E-state index contributed by atoms with van der Waals surface area (Å²) in [7, 11) is 0. The summed E-state index contributed by atoms with van der Waals surface area (Å²) in [5.74, 6) is 2.02. The van der Waals surface area contributed by atoms with Crippen molar-refractivity contribution in [3.63, 3.8) is 0 Å². The Bertz CT molecular complexity index is 838. The lowest BCUT2D eigenvalue weighted by atomic mass is 9.92. The molecule has 3 fully saturated rings. The van der Waals surface area contributed by atoms with Crippen molar-refractivity contribution in [2.24, 2.45) is 5.92 Å². The Morgan fingerprint density at radius 3 is 2.58 bits per heavy atom. The van der Waals surface area contributed by atoms with Crippen LogP contribution in [0.15, 0.2) is 4.79 Å². The molecule has 1 atom stereocenters. The highest BCUT2D eigenvalue weighted by atomic mass is 16.2. The zero-order valence-electron chi connectivity index (χ0n) is 18.9. The number of fused-ring (bicyclic) bond motifs is 1. The maximum Gasteiger partial charge on any atom is 0.254 e. The number of hydrogen-bond donors (Lipinski definition) is 1. The average Bonchev–Trinajstić information content (AvgIpc) is 3.50. The number of rotatable bonds is 5. The Morgan fingerprint density at radius 2 is 1.77 bits per heavy atom. The molecule has 4 aliphatic rings. The Kier molecular flexibility index (Phi) is 6.44. The van der Waals surface area contributed by atoms with E-state index in [9.17, 15) is 9.59 Å². The van der Waals surface area contributed by atoms with Crippen LogP contribution < -0.4 is 5.56 Å². The molecular formula is C25H38N4O2. The second-order valence-corrected chi connectivity index (χ2v) is 10.4. The van der Waals surface area contributed by atoms with Crippen molar-refractivity contribution in [3.8, 4) is 0 Å². The number of likely N-dealkylation sites (tertiary alicyclic amines) is 1. The maximum absolute atomic E-state index is 12.8. The summed E-state index contributed by atoms with van der Waals surface area (Å²) in [6.45, 7) is 3.29. The van der Waals surface area contributed by atoms with Gasteiger partial charge in [0.15, 0.2) is 0 Å². The number of amides is 1. The zero-order valence-corrected chi connectivity index (χ0v) is 18.9. The van der Waals surface area contributed by atoms with Gasteiger partial charge >= 0.3 is 0 Å². The number of aromatic amines is 1. The number of carbonyl (C=O) groups excluding carboxylic acids is 1. The van der Waals surface area contributed by atoms with E-state index in [0.717, 1.165) is 61.9 Å². The summed E-state index contributed by atoms with van der Waals surface area (Å²) >= 11 is 0.